The minimum Gasteiger partial charge on any atom is -0.496 e. The Morgan fingerprint density at radius 2 is 1.87 bits per heavy atom. The van der Waals surface area contributed by atoms with E-state index in [1.807, 2.05) is 31.2 Å². The quantitative estimate of drug-likeness (QED) is 0.672. The molecule has 2 aromatic carbocycles. The number of hydrogen-bond acceptors (Lipinski definition) is 4. The molecule has 0 atom stereocenters. The first-order valence-corrected chi connectivity index (χ1v) is 7.17. The highest BCUT2D eigenvalue weighted by Crippen LogP contribution is 2.34. The van der Waals surface area contributed by atoms with Gasteiger partial charge in [0.2, 0.25) is 0 Å². The van der Waals surface area contributed by atoms with E-state index in [1.54, 1.807) is 26.2 Å². The van der Waals surface area contributed by atoms with E-state index in [2.05, 4.69) is 6.07 Å². The minimum atomic E-state index is -0.347. The van der Waals surface area contributed by atoms with Crippen molar-refractivity contribution in [3.63, 3.8) is 0 Å². The third-order valence-corrected chi connectivity index (χ3v) is 4.06. The number of aryl methyl sites for hydroxylation is 1. The number of nitrogens with zero attached hydrogens (tertiary/aromatic N) is 1. The molecule has 1 heterocycles. The zero-order valence-electron chi connectivity index (χ0n) is 13.1. The summed E-state index contributed by atoms with van der Waals surface area (Å²) in [5.74, 6) is 0.643. The normalized spacial score (nSPS) is 10.5. The third kappa shape index (κ3) is 2.47. The van der Waals surface area contributed by atoms with Crippen molar-refractivity contribution in [1.82, 2.24) is 0 Å². The number of nitriles is 1. The van der Waals surface area contributed by atoms with E-state index in [4.69, 9.17) is 14.4 Å². The van der Waals surface area contributed by atoms with E-state index in [0.29, 0.717) is 22.5 Å². The first-order valence-electron chi connectivity index (χ1n) is 7.17. The van der Waals surface area contributed by atoms with Gasteiger partial charge in [0.15, 0.2) is 0 Å². The molecular weight excluding hydrogens is 290 g/mol. The van der Waals surface area contributed by atoms with Crippen LogP contribution in [0.2, 0.25) is 0 Å². The van der Waals surface area contributed by atoms with Crippen molar-refractivity contribution in [3.8, 4) is 22.9 Å². The molecule has 23 heavy (non-hydrogen) atoms. The maximum Gasteiger partial charge on any atom is 0.339 e. The SMILES string of the molecule is COc1cc(-c2cccc(C#N)c2)cc2oc(=O)c(C)c(C)c12. The van der Waals surface area contributed by atoms with Crippen molar-refractivity contribution in [2.45, 2.75) is 13.8 Å². The Morgan fingerprint density at radius 3 is 2.57 bits per heavy atom. The Balaban J connectivity index is 2.35. The largest absolute Gasteiger partial charge is 0.496 e. The van der Waals surface area contributed by atoms with Crippen LogP contribution in [0.4, 0.5) is 0 Å². The molecule has 0 spiro atoms. The van der Waals surface area contributed by atoms with Gasteiger partial charge in [0, 0.05) is 5.56 Å². The Labute approximate surface area is 133 Å². The fourth-order valence-corrected chi connectivity index (χ4v) is 2.65. The van der Waals surface area contributed by atoms with E-state index in [1.165, 1.54) is 0 Å². The van der Waals surface area contributed by atoms with Gasteiger partial charge in [0.1, 0.15) is 11.3 Å². The first-order chi connectivity index (χ1) is 11.0. The molecule has 0 fully saturated rings. The van der Waals surface area contributed by atoms with Gasteiger partial charge < -0.3 is 9.15 Å². The Hall–Kier alpha value is -3.06. The van der Waals surface area contributed by atoms with Crippen LogP contribution in [0.25, 0.3) is 22.1 Å². The molecule has 0 saturated heterocycles. The van der Waals surface area contributed by atoms with Gasteiger partial charge >= 0.3 is 5.63 Å². The molecule has 0 amide bonds. The van der Waals surface area contributed by atoms with E-state index in [0.717, 1.165) is 22.1 Å². The van der Waals surface area contributed by atoms with Crippen molar-refractivity contribution in [2.24, 2.45) is 0 Å². The molecule has 0 N–H and O–H groups in total. The maximum absolute atomic E-state index is 12.0. The zero-order valence-corrected chi connectivity index (χ0v) is 13.1. The van der Waals surface area contributed by atoms with Crippen LogP contribution in [0.1, 0.15) is 16.7 Å². The summed E-state index contributed by atoms with van der Waals surface area (Å²) in [7, 11) is 1.59. The van der Waals surface area contributed by atoms with Gasteiger partial charge in [-0.25, -0.2) is 4.79 Å². The fourth-order valence-electron chi connectivity index (χ4n) is 2.65. The lowest BCUT2D eigenvalue weighted by Gasteiger charge is -2.12. The van der Waals surface area contributed by atoms with Crippen molar-refractivity contribution in [2.75, 3.05) is 7.11 Å². The van der Waals surface area contributed by atoms with Crippen LogP contribution in [-0.2, 0) is 0 Å². The maximum atomic E-state index is 12.0. The van der Waals surface area contributed by atoms with Crippen LogP contribution in [0.15, 0.2) is 45.6 Å². The zero-order chi connectivity index (χ0) is 16.6. The molecule has 0 aliphatic rings. The van der Waals surface area contributed by atoms with Gasteiger partial charge in [0.25, 0.3) is 0 Å². The summed E-state index contributed by atoms with van der Waals surface area (Å²) in [6.07, 6.45) is 0. The monoisotopic (exact) mass is 305 g/mol. The minimum absolute atomic E-state index is 0.347. The summed E-state index contributed by atoms with van der Waals surface area (Å²) in [5.41, 5.74) is 3.83. The lowest BCUT2D eigenvalue weighted by Crippen LogP contribution is -2.06. The Kier molecular flexibility index (Phi) is 3.63. The van der Waals surface area contributed by atoms with Crippen LogP contribution in [0.5, 0.6) is 5.75 Å². The van der Waals surface area contributed by atoms with Crippen LogP contribution in [-0.4, -0.2) is 7.11 Å². The Morgan fingerprint density at radius 1 is 1.09 bits per heavy atom. The average molecular weight is 305 g/mol. The van der Waals surface area contributed by atoms with Crippen molar-refractivity contribution < 1.29 is 9.15 Å². The van der Waals surface area contributed by atoms with Gasteiger partial charge in [-0.15, -0.1) is 0 Å². The standard InChI is InChI=1S/C19H15NO3/c1-11-12(2)19(21)23-17-9-15(8-16(22-3)18(11)17)14-6-4-5-13(7-14)10-20/h4-9H,1-3H3. The van der Waals surface area contributed by atoms with Gasteiger partial charge in [0.05, 0.1) is 24.1 Å². The molecule has 4 nitrogen and oxygen atoms in total. The van der Waals surface area contributed by atoms with E-state index in [-0.39, 0.29) is 5.63 Å². The summed E-state index contributed by atoms with van der Waals surface area (Å²) >= 11 is 0. The molecule has 0 aliphatic heterocycles. The predicted octanol–water partition coefficient (Wildman–Crippen LogP) is 3.96. The smallest absolute Gasteiger partial charge is 0.339 e. The second-order valence-corrected chi connectivity index (χ2v) is 5.38. The summed E-state index contributed by atoms with van der Waals surface area (Å²) in [6, 6.07) is 13.1. The summed E-state index contributed by atoms with van der Waals surface area (Å²) < 4.78 is 10.9. The molecular formula is C19H15NO3. The molecule has 0 aliphatic carbocycles. The molecule has 0 radical (unpaired) electrons. The van der Waals surface area contributed by atoms with Crippen LogP contribution < -0.4 is 10.4 Å². The van der Waals surface area contributed by atoms with Gasteiger partial charge in [-0.05, 0) is 54.8 Å². The topological polar surface area (TPSA) is 63.2 Å². The molecule has 1 aromatic heterocycles. The first kappa shape index (κ1) is 14.9. The number of fused-ring (bicyclic) bond motifs is 1. The number of rotatable bonds is 2. The van der Waals surface area contributed by atoms with Gasteiger partial charge in [-0.1, -0.05) is 12.1 Å². The van der Waals surface area contributed by atoms with Crippen LogP contribution in [0.3, 0.4) is 0 Å². The second kappa shape index (κ2) is 5.62. The third-order valence-electron chi connectivity index (χ3n) is 4.06. The van der Waals surface area contributed by atoms with Crippen molar-refractivity contribution in [3.05, 3.63) is 63.5 Å². The van der Waals surface area contributed by atoms with Gasteiger partial charge in [-0.3, -0.25) is 0 Å². The van der Waals surface area contributed by atoms with E-state index >= 15 is 0 Å². The van der Waals surface area contributed by atoms with Gasteiger partial charge in [-0.2, -0.15) is 5.26 Å². The lowest BCUT2D eigenvalue weighted by molar-refractivity contribution is 0.418. The number of methoxy groups -OCH3 is 1. The molecule has 3 rings (SSSR count). The van der Waals surface area contributed by atoms with E-state index in [9.17, 15) is 4.79 Å². The van der Waals surface area contributed by atoms with E-state index < -0.39 is 0 Å². The fraction of sp³-hybridized carbons (Fsp3) is 0.158. The molecule has 114 valence electrons. The number of ether oxygens (including phenoxy) is 1. The molecule has 0 unspecified atom stereocenters. The summed E-state index contributed by atoms with van der Waals surface area (Å²) in [6.45, 7) is 3.62. The number of benzene rings is 2. The van der Waals surface area contributed by atoms with Crippen molar-refractivity contribution >= 4 is 11.0 Å². The highest BCUT2D eigenvalue weighted by atomic mass is 16.5. The molecule has 0 bridgehead atoms. The van der Waals surface area contributed by atoms with Crippen LogP contribution >= 0.6 is 0 Å². The summed E-state index contributed by atoms with van der Waals surface area (Å²) in [4.78, 5) is 12.0. The predicted molar refractivity (Wildman–Crippen MR) is 88.7 cm³/mol. The average Bonchev–Trinajstić information content (AvgIpc) is 2.58. The highest BCUT2D eigenvalue weighted by Gasteiger charge is 2.14. The highest BCUT2D eigenvalue weighted by molar-refractivity contribution is 5.91. The van der Waals surface area contributed by atoms with Crippen LogP contribution in [0, 0.1) is 25.2 Å². The summed E-state index contributed by atoms with van der Waals surface area (Å²) in [5, 5.41) is 9.85. The molecule has 3 aromatic rings. The molecule has 4 heteroatoms. The lowest BCUT2D eigenvalue weighted by atomic mass is 9.99. The number of hydrogen-bond donors (Lipinski definition) is 0. The second-order valence-electron chi connectivity index (χ2n) is 5.38. The Bertz CT molecular complexity index is 1010. The van der Waals surface area contributed by atoms with Crippen molar-refractivity contribution in [1.29, 1.82) is 5.26 Å². The molecule has 0 saturated carbocycles.